The van der Waals surface area contributed by atoms with Crippen molar-refractivity contribution in [1.82, 2.24) is 0 Å². The largest absolute Gasteiger partial charge is 0.482 e. The molecule has 0 aliphatic carbocycles. The smallest absolute Gasteiger partial charge is 0.349 e. The lowest BCUT2D eigenvalue weighted by atomic mass is 9.83. The molecule has 0 saturated carbocycles. The Balaban J connectivity index is 1.38. The summed E-state index contributed by atoms with van der Waals surface area (Å²) in [4.78, 5) is 12.4. The van der Waals surface area contributed by atoms with E-state index in [4.69, 9.17) is 24.7 Å². The van der Waals surface area contributed by atoms with Gasteiger partial charge in [0.15, 0.2) is 6.61 Å². The molecule has 0 spiro atoms. The van der Waals surface area contributed by atoms with Crippen LogP contribution in [0.15, 0.2) is 109 Å². The minimum absolute atomic E-state index is 0.00857. The summed E-state index contributed by atoms with van der Waals surface area (Å²) < 4.78 is 22.8. The highest BCUT2D eigenvalue weighted by Crippen LogP contribution is 2.44. The van der Waals surface area contributed by atoms with Gasteiger partial charge in [-0.3, -0.25) is 0 Å². The van der Waals surface area contributed by atoms with Gasteiger partial charge in [0.2, 0.25) is 5.88 Å². The predicted octanol–water partition coefficient (Wildman–Crippen LogP) is 5.99. The van der Waals surface area contributed by atoms with E-state index in [-0.39, 0.29) is 23.8 Å². The summed E-state index contributed by atoms with van der Waals surface area (Å²) in [6.07, 6.45) is 0. The third-order valence-electron chi connectivity index (χ3n) is 6.03. The fourth-order valence-electron chi connectivity index (χ4n) is 4.24. The topological polar surface area (TPSA) is 104 Å². The van der Waals surface area contributed by atoms with Gasteiger partial charge < -0.3 is 24.7 Å². The van der Waals surface area contributed by atoms with E-state index in [0.717, 1.165) is 11.1 Å². The Hall–Kier alpha value is -5.22. The number of carbonyl (C=O) groups is 1. The van der Waals surface area contributed by atoms with Crippen molar-refractivity contribution in [3.63, 3.8) is 0 Å². The van der Waals surface area contributed by atoms with Crippen molar-refractivity contribution in [2.75, 3.05) is 6.61 Å². The fraction of sp³-hybridized carbons (Fsp3) is 0.0968. The molecule has 0 fully saturated rings. The Morgan fingerprint density at radius 2 is 1.68 bits per heavy atom. The summed E-state index contributed by atoms with van der Waals surface area (Å²) in [7, 11) is 0. The van der Waals surface area contributed by atoms with Crippen molar-refractivity contribution in [3.8, 4) is 34.8 Å². The molecule has 188 valence electrons. The van der Waals surface area contributed by atoms with E-state index in [1.807, 2.05) is 79.7 Å². The molecule has 4 aromatic rings. The molecule has 7 nitrogen and oxygen atoms in total. The normalized spacial score (nSPS) is 14.1. The van der Waals surface area contributed by atoms with Crippen LogP contribution >= 0.6 is 0 Å². The van der Waals surface area contributed by atoms with E-state index < -0.39 is 11.9 Å². The second-order valence-electron chi connectivity index (χ2n) is 8.64. The van der Waals surface area contributed by atoms with Crippen molar-refractivity contribution in [3.05, 3.63) is 125 Å². The predicted molar refractivity (Wildman–Crippen MR) is 141 cm³/mol. The van der Waals surface area contributed by atoms with E-state index in [0.29, 0.717) is 28.6 Å². The Morgan fingerprint density at radius 3 is 2.47 bits per heavy atom. The standard InChI is InChI=1S/C31H24N2O5/c1-20-8-5-6-13-27(20)35-19-29(34)37-24-14-15-25-28(17-24)38-31(33)26(18-32)30(25)21-9-7-12-23(16-21)36-22-10-3-2-4-11-22/h2-17,30H,19,33H2,1H3. The Labute approximate surface area is 220 Å². The molecule has 38 heavy (non-hydrogen) atoms. The number of hydrogen-bond acceptors (Lipinski definition) is 7. The van der Waals surface area contributed by atoms with Crippen LogP contribution in [-0.2, 0) is 4.79 Å². The van der Waals surface area contributed by atoms with Crippen LogP contribution < -0.4 is 24.7 Å². The number of aryl methyl sites for hydroxylation is 1. The highest BCUT2D eigenvalue weighted by molar-refractivity contribution is 5.74. The number of fused-ring (bicyclic) bond motifs is 1. The lowest BCUT2D eigenvalue weighted by molar-refractivity contribution is -0.136. The first kappa shape index (κ1) is 24.5. The van der Waals surface area contributed by atoms with Gasteiger partial charge in [0.05, 0.1) is 5.92 Å². The second kappa shape index (κ2) is 10.8. The summed E-state index contributed by atoms with van der Waals surface area (Å²) in [5.41, 5.74) is 8.87. The van der Waals surface area contributed by atoms with E-state index >= 15 is 0 Å². The molecule has 0 bridgehead atoms. The lowest BCUT2D eigenvalue weighted by Gasteiger charge is -2.27. The molecule has 0 aromatic heterocycles. The molecule has 1 atom stereocenters. The van der Waals surface area contributed by atoms with Crippen molar-refractivity contribution >= 4 is 5.97 Å². The van der Waals surface area contributed by atoms with Gasteiger partial charge in [0.25, 0.3) is 0 Å². The average molecular weight is 505 g/mol. The number of esters is 1. The minimum Gasteiger partial charge on any atom is -0.482 e. The number of ether oxygens (including phenoxy) is 4. The number of nitriles is 1. The molecule has 7 heteroatoms. The zero-order valence-electron chi connectivity index (χ0n) is 20.6. The number of allylic oxidation sites excluding steroid dienone is 1. The third-order valence-corrected chi connectivity index (χ3v) is 6.03. The van der Waals surface area contributed by atoms with E-state index in [9.17, 15) is 10.1 Å². The number of hydrogen-bond donors (Lipinski definition) is 1. The monoisotopic (exact) mass is 504 g/mol. The molecule has 1 aliphatic rings. The first-order chi connectivity index (χ1) is 18.5. The summed E-state index contributed by atoms with van der Waals surface area (Å²) >= 11 is 0. The van der Waals surface area contributed by atoms with Gasteiger partial charge in [0.1, 0.15) is 40.4 Å². The van der Waals surface area contributed by atoms with Crippen LogP contribution in [0, 0.1) is 18.3 Å². The number of nitrogens with two attached hydrogens (primary N) is 1. The van der Waals surface area contributed by atoms with Crippen LogP contribution in [0.4, 0.5) is 0 Å². The first-order valence-corrected chi connectivity index (χ1v) is 12.0. The molecule has 0 amide bonds. The molecule has 1 aliphatic heterocycles. The number of para-hydroxylation sites is 2. The summed E-state index contributed by atoms with van der Waals surface area (Å²) in [6.45, 7) is 1.65. The van der Waals surface area contributed by atoms with Gasteiger partial charge in [-0.15, -0.1) is 0 Å². The van der Waals surface area contributed by atoms with Crippen LogP contribution in [0.1, 0.15) is 22.6 Å². The Morgan fingerprint density at radius 1 is 0.921 bits per heavy atom. The Kier molecular flexibility index (Phi) is 6.96. The van der Waals surface area contributed by atoms with Gasteiger partial charge in [-0.05, 0) is 54.4 Å². The summed E-state index contributed by atoms with van der Waals surface area (Å²) in [5.74, 6) is 1.54. The van der Waals surface area contributed by atoms with Crippen LogP contribution in [0.3, 0.4) is 0 Å². The number of benzene rings is 4. The zero-order chi connectivity index (χ0) is 26.5. The van der Waals surface area contributed by atoms with Crippen LogP contribution in [0.2, 0.25) is 0 Å². The van der Waals surface area contributed by atoms with E-state index in [1.165, 1.54) is 0 Å². The molecule has 1 heterocycles. The summed E-state index contributed by atoms with van der Waals surface area (Å²) in [6, 6.07) is 31.5. The first-order valence-electron chi connectivity index (χ1n) is 12.0. The van der Waals surface area contributed by atoms with Crippen molar-refractivity contribution in [2.45, 2.75) is 12.8 Å². The molecule has 5 rings (SSSR count). The molecular formula is C31H24N2O5. The van der Waals surface area contributed by atoms with Gasteiger partial charge in [-0.25, -0.2) is 4.79 Å². The third kappa shape index (κ3) is 5.30. The van der Waals surface area contributed by atoms with Gasteiger partial charge in [0, 0.05) is 11.6 Å². The molecule has 4 aromatic carbocycles. The molecule has 0 radical (unpaired) electrons. The fourth-order valence-corrected chi connectivity index (χ4v) is 4.24. The number of carbonyl (C=O) groups excluding carboxylic acids is 1. The SMILES string of the molecule is Cc1ccccc1OCC(=O)Oc1ccc2c(c1)OC(N)=C(C#N)C2c1cccc(Oc2ccccc2)c1. The summed E-state index contributed by atoms with van der Waals surface area (Å²) in [5, 5.41) is 9.89. The number of rotatable bonds is 7. The second-order valence-corrected chi connectivity index (χ2v) is 8.64. The van der Waals surface area contributed by atoms with Gasteiger partial charge >= 0.3 is 5.97 Å². The molecular weight excluding hydrogens is 480 g/mol. The van der Waals surface area contributed by atoms with Gasteiger partial charge in [-0.2, -0.15) is 5.26 Å². The van der Waals surface area contributed by atoms with Crippen molar-refractivity contribution in [1.29, 1.82) is 5.26 Å². The zero-order valence-corrected chi connectivity index (χ0v) is 20.6. The quantitative estimate of drug-likeness (QED) is 0.243. The number of nitrogens with zero attached hydrogens (tertiary/aromatic N) is 1. The van der Waals surface area contributed by atoms with Crippen molar-refractivity contribution in [2.24, 2.45) is 5.73 Å². The molecule has 1 unspecified atom stereocenters. The average Bonchev–Trinajstić information content (AvgIpc) is 2.92. The maximum absolute atomic E-state index is 12.4. The Bertz CT molecular complexity index is 1560. The van der Waals surface area contributed by atoms with E-state index in [2.05, 4.69) is 6.07 Å². The molecule has 0 saturated heterocycles. The lowest BCUT2D eigenvalue weighted by Crippen LogP contribution is -2.21. The van der Waals surface area contributed by atoms with Crippen LogP contribution in [0.5, 0.6) is 28.7 Å². The maximum Gasteiger partial charge on any atom is 0.349 e. The van der Waals surface area contributed by atoms with Crippen molar-refractivity contribution < 1.29 is 23.7 Å². The van der Waals surface area contributed by atoms with Crippen LogP contribution in [-0.4, -0.2) is 12.6 Å². The highest BCUT2D eigenvalue weighted by atomic mass is 16.6. The van der Waals surface area contributed by atoms with E-state index in [1.54, 1.807) is 24.3 Å². The minimum atomic E-state index is -0.562. The van der Waals surface area contributed by atoms with Gasteiger partial charge in [-0.1, -0.05) is 54.6 Å². The van der Waals surface area contributed by atoms with Crippen LogP contribution in [0.25, 0.3) is 0 Å². The maximum atomic E-state index is 12.4. The molecule has 2 N–H and O–H groups in total. The highest BCUT2D eigenvalue weighted by Gasteiger charge is 2.31.